The molecular weight excluding hydrogens is 663 g/mol. The summed E-state index contributed by atoms with van der Waals surface area (Å²) in [6.07, 6.45) is 4.00. The van der Waals surface area contributed by atoms with Crippen molar-refractivity contribution in [2.24, 2.45) is 5.41 Å². The minimum absolute atomic E-state index is 0. The van der Waals surface area contributed by atoms with Crippen LogP contribution in [0, 0.1) is 11.5 Å². The fourth-order valence-electron chi connectivity index (χ4n) is 5.58. The van der Waals surface area contributed by atoms with Crippen LogP contribution in [0.15, 0.2) is 71.0 Å². The van der Waals surface area contributed by atoms with Crippen LogP contribution in [-0.2, 0) is 36.7 Å². The van der Waals surface area contributed by atoms with Gasteiger partial charge in [0, 0.05) is 48.8 Å². The Morgan fingerprint density at radius 2 is 1.77 bits per heavy atom. The van der Waals surface area contributed by atoms with E-state index in [1.54, 1.807) is 0 Å². The number of aliphatic hydroxyl groups is 1. The molecule has 2 heterocycles. The van der Waals surface area contributed by atoms with Gasteiger partial charge < -0.3 is 9.52 Å². The van der Waals surface area contributed by atoms with Crippen LogP contribution < -0.4 is 0 Å². The van der Waals surface area contributed by atoms with E-state index >= 15 is 0 Å². The molecule has 1 N–H and O–H groups in total. The molecular formula is C34H34IrNO3-. The van der Waals surface area contributed by atoms with Crippen LogP contribution in [0.4, 0.5) is 0 Å². The largest absolute Gasteiger partial charge is 0.512 e. The van der Waals surface area contributed by atoms with E-state index in [4.69, 9.17) is 14.5 Å². The summed E-state index contributed by atoms with van der Waals surface area (Å²) in [6.45, 7) is 14.3. The number of aromatic nitrogens is 1. The Kier molecular flexibility index (Phi) is 7.64. The summed E-state index contributed by atoms with van der Waals surface area (Å²) in [6, 6.07) is 21.1. The predicted molar refractivity (Wildman–Crippen MR) is 156 cm³/mol. The summed E-state index contributed by atoms with van der Waals surface area (Å²) in [5.41, 5.74) is 7.81. The maximum absolute atomic E-state index is 10.0. The molecule has 2 aromatic heterocycles. The SMILES string of the molecule is CC(=O)/C=C(/C)O.CC(C)(C)Cc1ccc2c3c1oc1ccnc(c13)-c1[c-]c3ccccc3cc1C2(C)C.[Ir]. The third kappa shape index (κ3) is 5.31. The molecule has 4 nitrogen and oxygen atoms in total. The number of hydrogen-bond acceptors (Lipinski definition) is 4. The number of rotatable bonds is 2. The van der Waals surface area contributed by atoms with Gasteiger partial charge in [-0.15, -0.1) is 23.6 Å². The van der Waals surface area contributed by atoms with Crippen molar-refractivity contribution in [3.05, 3.63) is 89.3 Å². The molecule has 0 saturated carbocycles. The summed E-state index contributed by atoms with van der Waals surface area (Å²) in [5.74, 6) is -0.0625. The second-order valence-electron chi connectivity index (χ2n) is 12.0. The van der Waals surface area contributed by atoms with E-state index in [9.17, 15) is 4.79 Å². The zero-order valence-corrected chi connectivity index (χ0v) is 25.9. The van der Waals surface area contributed by atoms with E-state index in [0.29, 0.717) is 0 Å². The number of benzene rings is 3. The van der Waals surface area contributed by atoms with Crippen LogP contribution in [0.1, 0.15) is 65.2 Å². The molecule has 5 heteroatoms. The molecule has 6 rings (SSSR count). The Labute approximate surface area is 243 Å². The van der Waals surface area contributed by atoms with E-state index in [1.807, 2.05) is 12.3 Å². The van der Waals surface area contributed by atoms with Crippen LogP contribution >= 0.6 is 0 Å². The molecule has 1 aliphatic carbocycles. The first-order chi connectivity index (χ1) is 17.9. The van der Waals surface area contributed by atoms with Gasteiger partial charge in [-0.2, -0.15) is 0 Å². The van der Waals surface area contributed by atoms with Gasteiger partial charge >= 0.3 is 0 Å². The van der Waals surface area contributed by atoms with Gasteiger partial charge in [0.05, 0.1) is 5.76 Å². The quantitative estimate of drug-likeness (QED) is 0.114. The minimum Gasteiger partial charge on any atom is -0.512 e. The van der Waals surface area contributed by atoms with Gasteiger partial charge in [0.1, 0.15) is 11.2 Å². The number of pyridine rings is 1. The number of nitrogens with zero attached hydrogens (tertiary/aromatic N) is 1. The number of allylic oxidation sites excluding steroid dienone is 2. The van der Waals surface area contributed by atoms with Crippen LogP contribution in [0.3, 0.4) is 0 Å². The molecule has 39 heavy (non-hydrogen) atoms. The topological polar surface area (TPSA) is 63.3 Å². The van der Waals surface area contributed by atoms with Crippen molar-refractivity contribution in [3.8, 4) is 11.3 Å². The van der Waals surface area contributed by atoms with Crippen LogP contribution in [0.5, 0.6) is 0 Å². The molecule has 0 bridgehead atoms. The van der Waals surface area contributed by atoms with Gasteiger partial charge in [-0.05, 0) is 48.3 Å². The number of ketones is 1. The van der Waals surface area contributed by atoms with Crippen molar-refractivity contribution in [1.29, 1.82) is 0 Å². The van der Waals surface area contributed by atoms with Crippen LogP contribution in [0.2, 0.25) is 0 Å². The molecule has 203 valence electrons. The number of aliphatic hydroxyl groups excluding tert-OH is 1. The Hall–Kier alpha value is -3.27. The van der Waals surface area contributed by atoms with E-state index in [1.165, 1.54) is 47.4 Å². The average molecular weight is 697 g/mol. The zero-order valence-electron chi connectivity index (χ0n) is 23.5. The van der Waals surface area contributed by atoms with Gasteiger partial charge in [-0.25, -0.2) is 0 Å². The molecule has 3 aromatic carbocycles. The van der Waals surface area contributed by atoms with Gasteiger partial charge in [0.2, 0.25) is 0 Å². The van der Waals surface area contributed by atoms with Crippen LogP contribution in [0.25, 0.3) is 44.0 Å². The molecule has 1 aliphatic rings. The first-order valence-electron chi connectivity index (χ1n) is 13.0. The monoisotopic (exact) mass is 697 g/mol. The van der Waals surface area contributed by atoms with Gasteiger partial charge in [0.15, 0.2) is 5.78 Å². The van der Waals surface area contributed by atoms with E-state index in [-0.39, 0.29) is 42.5 Å². The standard InChI is InChI=1S/C29H26NO.C5H8O2.Ir/c1-28(2,3)16-19-10-11-21-24-25-23(31-27(19)24)12-13-30-26(25)20-14-17-8-6-7-9-18(17)15-22(20)29(21,4)5;1-4(6)3-5(2)7;/h6-13,15H,16H2,1-5H3;3,6H,1-2H3;/q-1;;/b;4-3-;. The second kappa shape index (κ2) is 10.4. The van der Waals surface area contributed by atoms with Gasteiger partial charge in [-0.1, -0.05) is 81.5 Å². The fraction of sp³-hybridized carbons (Fsp3) is 0.294. The van der Waals surface area contributed by atoms with E-state index in [2.05, 4.69) is 83.1 Å². The summed E-state index contributed by atoms with van der Waals surface area (Å²) < 4.78 is 6.53. The number of hydrogen-bond donors (Lipinski definition) is 1. The van der Waals surface area contributed by atoms with E-state index in [0.717, 1.165) is 39.6 Å². The van der Waals surface area contributed by atoms with Crippen LogP contribution in [-0.4, -0.2) is 15.9 Å². The van der Waals surface area contributed by atoms with E-state index < -0.39 is 0 Å². The molecule has 0 aliphatic heterocycles. The minimum atomic E-state index is -0.202. The number of carbonyl (C=O) groups is 1. The zero-order chi connectivity index (χ0) is 27.4. The average Bonchev–Trinajstić information content (AvgIpc) is 3.19. The number of fused-ring (bicyclic) bond motifs is 3. The normalized spacial score (nSPS) is 14.0. The Morgan fingerprint density at radius 1 is 1.05 bits per heavy atom. The molecule has 0 spiro atoms. The fourth-order valence-corrected chi connectivity index (χ4v) is 5.58. The summed E-state index contributed by atoms with van der Waals surface area (Å²) in [7, 11) is 0. The molecule has 0 saturated heterocycles. The van der Waals surface area contributed by atoms with Crippen molar-refractivity contribution in [1.82, 2.24) is 4.98 Å². The summed E-state index contributed by atoms with van der Waals surface area (Å²) in [4.78, 5) is 14.9. The summed E-state index contributed by atoms with van der Waals surface area (Å²) >= 11 is 0. The third-order valence-corrected chi connectivity index (χ3v) is 7.12. The van der Waals surface area contributed by atoms with Crippen molar-refractivity contribution >= 4 is 38.5 Å². The predicted octanol–water partition coefficient (Wildman–Crippen LogP) is 8.86. The first kappa shape index (κ1) is 28.7. The Morgan fingerprint density at radius 3 is 2.41 bits per heavy atom. The van der Waals surface area contributed by atoms with Gasteiger partial charge in [-0.3, -0.25) is 9.78 Å². The number of carbonyl (C=O) groups excluding carboxylic acids is 1. The Bertz CT molecular complexity index is 1750. The second-order valence-corrected chi connectivity index (χ2v) is 12.0. The molecule has 1 radical (unpaired) electrons. The van der Waals surface area contributed by atoms with Crippen molar-refractivity contribution in [2.75, 3.05) is 0 Å². The van der Waals surface area contributed by atoms with Gasteiger partial charge in [0.25, 0.3) is 0 Å². The molecule has 0 amide bonds. The van der Waals surface area contributed by atoms with Crippen molar-refractivity contribution < 1.29 is 34.4 Å². The maximum atomic E-state index is 10.0. The van der Waals surface area contributed by atoms with Crippen molar-refractivity contribution in [3.63, 3.8) is 0 Å². The molecule has 5 aromatic rings. The maximum Gasteiger partial charge on any atom is 0.155 e. The summed E-state index contributed by atoms with van der Waals surface area (Å²) in [5, 5.41) is 13.0. The molecule has 0 fully saturated rings. The number of furan rings is 1. The molecule has 0 unspecified atom stereocenters. The first-order valence-corrected chi connectivity index (χ1v) is 13.0. The molecule has 0 atom stereocenters. The third-order valence-electron chi connectivity index (χ3n) is 7.12. The van der Waals surface area contributed by atoms with Crippen molar-refractivity contribution in [2.45, 2.75) is 60.3 Å². The smallest absolute Gasteiger partial charge is 0.155 e. The Balaban J connectivity index is 0.000000394.